The minimum Gasteiger partial charge on any atom is -0.507 e. The fraction of sp³-hybridized carbons (Fsp3) is 0.302. The molecule has 1 fully saturated rings. The van der Waals surface area contributed by atoms with E-state index in [9.17, 15) is 24.6 Å². The van der Waals surface area contributed by atoms with E-state index in [1.54, 1.807) is 53.8 Å². The van der Waals surface area contributed by atoms with E-state index in [2.05, 4.69) is 37.7 Å². The van der Waals surface area contributed by atoms with Crippen LogP contribution in [0.25, 0.3) is 32.8 Å². The van der Waals surface area contributed by atoms with Crippen LogP contribution < -0.4 is 16.4 Å². The molecule has 6 N–H and O–H groups in total. The van der Waals surface area contributed by atoms with E-state index in [1.165, 1.54) is 4.90 Å². The number of thiazole rings is 1. The molecule has 0 unspecified atom stereocenters. The number of nitrogen functional groups attached to an aromatic ring is 1. The highest BCUT2D eigenvalue weighted by atomic mass is 32.1. The van der Waals surface area contributed by atoms with Crippen molar-refractivity contribution in [3.05, 3.63) is 101 Å². The van der Waals surface area contributed by atoms with Crippen molar-refractivity contribution in [3.63, 3.8) is 0 Å². The lowest BCUT2D eigenvalue weighted by Gasteiger charge is -2.35. The van der Waals surface area contributed by atoms with Gasteiger partial charge in [-0.25, -0.2) is 4.98 Å². The van der Waals surface area contributed by atoms with Crippen molar-refractivity contribution in [1.82, 2.24) is 30.7 Å². The predicted molar refractivity (Wildman–Crippen MR) is 217 cm³/mol. The van der Waals surface area contributed by atoms with Crippen LogP contribution in [0.4, 0.5) is 5.82 Å². The maximum Gasteiger partial charge on any atom is 0.246 e. The number of aliphatic hydroxyl groups is 1. The van der Waals surface area contributed by atoms with Crippen LogP contribution in [0, 0.1) is 24.2 Å². The highest BCUT2D eigenvalue weighted by Gasteiger charge is 2.44. The second-order valence-corrected chi connectivity index (χ2v) is 15.8. The van der Waals surface area contributed by atoms with Crippen LogP contribution in [0.1, 0.15) is 63.4 Å². The van der Waals surface area contributed by atoms with Gasteiger partial charge in [-0.1, -0.05) is 81.1 Å². The first-order chi connectivity index (χ1) is 26.7. The monoisotopic (exact) mass is 771 g/mol. The van der Waals surface area contributed by atoms with Gasteiger partial charge in [0.2, 0.25) is 17.7 Å². The number of β-amino-alcohol motifs (C(OH)–C–C–N with tert-alkyl or cyclic N) is 1. The number of rotatable bonds is 9. The number of carbonyl (C=O) groups excluding carboxylic acids is 3. The van der Waals surface area contributed by atoms with Gasteiger partial charge in [-0.3, -0.25) is 14.4 Å². The molecule has 1 aliphatic heterocycles. The van der Waals surface area contributed by atoms with Crippen molar-refractivity contribution < 1.29 is 24.6 Å². The molecule has 0 aliphatic carbocycles. The van der Waals surface area contributed by atoms with Gasteiger partial charge < -0.3 is 31.5 Å². The van der Waals surface area contributed by atoms with Crippen molar-refractivity contribution in [2.75, 3.05) is 12.3 Å². The van der Waals surface area contributed by atoms with Crippen molar-refractivity contribution in [3.8, 4) is 50.4 Å². The molecule has 2 aromatic heterocycles. The zero-order chi connectivity index (χ0) is 40.1. The number of aromatic hydroxyl groups is 1. The molecule has 0 bridgehead atoms. The third-order valence-electron chi connectivity index (χ3n) is 9.74. The molecule has 3 heterocycles. The third-order valence-corrected chi connectivity index (χ3v) is 10.7. The van der Waals surface area contributed by atoms with E-state index in [-0.39, 0.29) is 42.9 Å². The molecule has 0 radical (unpaired) electrons. The van der Waals surface area contributed by atoms with Crippen molar-refractivity contribution in [1.29, 1.82) is 0 Å². The summed E-state index contributed by atoms with van der Waals surface area (Å²) in [5.74, 6) is 4.94. The molecule has 3 amide bonds. The molecule has 5 aromatic rings. The summed E-state index contributed by atoms with van der Waals surface area (Å²) >= 11 is 1.57. The number of hydrogen-bond donors (Lipinski definition) is 5. The maximum absolute atomic E-state index is 14.1. The summed E-state index contributed by atoms with van der Waals surface area (Å²) < 4.78 is 0. The number of amides is 3. The van der Waals surface area contributed by atoms with Crippen LogP contribution in [0.2, 0.25) is 0 Å². The molecule has 12 nitrogen and oxygen atoms in total. The number of para-hydroxylation sites is 1. The fourth-order valence-electron chi connectivity index (χ4n) is 6.64. The Kier molecular flexibility index (Phi) is 11.8. The number of carbonyl (C=O) groups is 3. The summed E-state index contributed by atoms with van der Waals surface area (Å²) in [6.07, 6.45) is -0.963. The first-order valence-electron chi connectivity index (χ1n) is 18.3. The highest BCUT2D eigenvalue weighted by Crippen LogP contribution is 2.33. The first-order valence-corrected chi connectivity index (χ1v) is 19.2. The number of aryl methyl sites for hydroxylation is 1. The normalized spacial score (nSPS) is 16.4. The average Bonchev–Trinajstić information content (AvgIpc) is 3.79. The number of nitrogens with zero attached hydrogens (tertiary/aromatic N) is 4. The lowest BCUT2D eigenvalue weighted by atomic mass is 9.85. The molecule has 13 heteroatoms. The lowest BCUT2D eigenvalue weighted by Crippen LogP contribution is -2.57. The Morgan fingerprint density at radius 3 is 2.34 bits per heavy atom. The number of likely N-dealkylation sites (tertiary alicyclic amines) is 1. The number of nitrogens with two attached hydrogens (primary N) is 1. The van der Waals surface area contributed by atoms with Crippen LogP contribution in [-0.4, -0.2) is 72.7 Å². The molecule has 56 heavy (non-hydrogen) atoms. The standard InChI is InChI=1S/C43H45N7O5S/c1-25(28-17-19-30(20-18-28)38-26(2)45-24-56-38)46-41(54)35-21-31(51)23-50(35)42(55)39(43(3,4)5)47-37(53)12-8-9-27-13-15-29(16-14-27)33-22-34(48-49-40(33)44)32-10-6-7-11-36(32)52/h6-7,10-11,13-20,22,24-25,31,35,39,51-52H,12,21,23H2,1-5H3,(H2,44,49)(H,46,54)(H,47,53)/t25-,31+,35-,39+/m0/s1. The SMILES string of the molecule is Cc1ncsc1-c1ccc([C@H](C)NC(=O)[C@@H]2C[C@@H](O)CN2C(=O)[C@@H](NC(=O)CC#Cc2ccc(-c3cc(-c4ccccc4O)nnc3N)cc2)C(C)(C)C)cc1. The number of hydrogen-bond acceptors (Lipinski definition) is 10. The second kappa shape index (κ2) is 16.7. The van der Waals surface area contributed by atoms with E-state index in [0.717, 1.165) is 27.3 Å². The summed E-state index contributed by atoms with van der Waals surface area (Å²) in [5, 5.41) is 35.0. The Balaban J connectivity index is 1.08. The predicted octanol–water partition coefficient (Wildman–Crippen LogP) is 5.64. The zero-order valence-corrected chi connectivity index (χ0v) is 32.7. The van der Waals surface area contributed by atoms with E-state index in [0.29, 0.717) is 22.4 Å². The summed E-state index contributed by atoms with van der Waals surface area (Å²) in [7, 11) is 0. The molecule has 0 saturated carbocycles. The Labute approximate surface area is 330 Å². The lowest BCUT2D eigenvalue weighted by molar-refractivity contribution is -0.144. The number of aliphatic hydroxyl groups excluding tert-OH is 1. The Morgan fingerprint density at radius 2 is 1.68 bits per heavy atom. The minimum absolute atomic E-state index is 0.0241. The van der Waals surface area contributed by atoms with Crippen molar-refractivity contribution in [2.45, 2.75) is 71.7 Å². The van der Waals surface area contributed by atoms with Gasteiger partial charge in [-0.05, 0) is 66.3 Å². The largest absolute Gasteiger partial charge is 0.507 e. The second-order valence-electron chi connectivity index (χ2n) is 15.0. The van der Waals surface area contributed by atoms with Crippen LogP contribution >= 0.6 is 11.3 Å². The van der Waals surface area contributed by atoms with E-state index >= 15 is 0 Å². The molecule has 6 rings (SSSR count). The van der Waals surface area contributed by atoms with Gasteiger partial charge in [-0.15, -0.1) is 21.5 Å². The molecule has 3 aromatic carbocycles. The van der Waals surface area contributed by atoms with Gasteiger partial charge >= 0.3 is 0 Å². The summed E-state index contributed by atoms with van der Waals surface area (Å²) in [4.78, 5) is 47.7. The van der Waals surface area contributed by atoms with Gasteiger partial charge in [0.1, 0.15) is 17.8 Å². The number of aromatic nitrogens is 3. The minimum atomic E-state index is -0.973. The highest BCUT2D eigenvalue weighted by molar-refractivity contribution is 7.13. The van der Waals surface area contributed by atoms with Crippen LogP contribution in [0.15, 0.2) is 84.4 Å². The van der Waals surface area contributed by atoms with E-state index < -0.39 is 35.4 Å². The zero-order valence-electron chi connectivity index (χ0n) is 31.9. The van der Waals surface area contributed by atoms with Crippen molar-refractivity contribution in [2.24, 2.45) is 5.41 Å². The quantitative estimate of drug-likeness (QED) is 0.118. The molecule has 1 saturated heterocycles. The van der Waals surface area contributed by atoms with Gasteiger partial charge in [-0.2, -0.15) is 0 Å². The molecule has 1 aliphatic rings. The average molecular weight is 772 g/mol. The maximum atomic E-state index is 14.1. The Morgan fingerprint density at radius 1 is 0.982 bits per heavy atom. The third kappa shape index (κ3) is 9.05. The number of phenols is 1. The van der Waals surface area contributed by atoms with Crippen LogP contribution in [-0.2, 0) is 14.4 Å². The van der Waals surface area contributed by atoms with Gasteiger partial charge in [0.25, 0.3) is 0 Å². The fourth-order valence-corrected chi connectivity index (χ4v) is 7.45. The number of phenolic OH excluding ortho intramolecular Hbond substituents is 1. The van der Waals surface area contributed by atoms with E-state index in [4.69, 9.17) is 5.73 Å². The van der Waals surface area contributed by atoms with Crippen LogP contribution in [0.3, 0.4) is 0 Å². The van der Waals surface area contributed by atoms with E-state index in [1.807, 2.05) is 76.5 Å². The Hall–Kier alpha value is -6.10. The molecule has 0 spiro atoms. The Bertz CT molecular complexity index is 2290. The van der Waals surface area contributed by atoms with Crippen LogP contribution in [0.5, 0.6) is 5.75 Å². The summed E-state index contributed by atoms with van der Waals surface area (Å²) in [5.41, 5.74) is 13.2. The van der Waals surface area contributed by atoms with Gasteiger partial charge in [0, 0.05) is 29.7 Å². The molecular weight excluding hydrogens is 727 g/mol. The van der Waals surface area contributed by atoms with Crippen molar-refractivity contribution >= 4 is 34.9 Å². The number of benzene rings is 3. The number of nitrogens with one attached hydrogen (secondary N) is 2. The summed E-state index contributed by atoms with van der Waals surface area (Å²) in [6.45, 7) is 9.32. The smallest absolute Gasteiger partial charge is 0.246 e. The molecule has 288 valence electrons. The molecular formula is C43H45N7O5S. The topological polar surface area (TPSA) is 184 Å². The number of anilines is 1. The van der Waals surface area contributed by atoms with Gasteiger partial charge in [0.05, 0.1) is 40.3 Å². The molecule has 4 atom stereocenters. The first kappa shape index (κ1) is 39.6. The van der Waals surface area contributed by atoms with Gasteiger partial charge in [0.15, 0.2) is 5.82 Å². The summed E-state index contributed by atoms with van der Waals surface area (Å²) in [6, 6.07) is 21.5.